The van der Waals surface area contributed by atoms with Gasteiger partial charge in [-0.2, -0.15) is 10.2 Å². The fraction of sp³-hybridized carbons (Fsp3) is 0.243. The van der Waals surface area contributed by atoms with E-state index in [9.17, 15) is 49.2 Å². The second-order valence-corrected chi connectivity index (χ2v) is 17.4. The van der Waals surface area contributed by atoms with Gasteiger partial charge >= 0.3 is 23.9 Å². The Morgan fingerprint density at radius 3 is 1.28 bits per heavy atom. The third kappa shape index (κ3) is 8.95. The maximum absolute atomic E-state index is 13.0. The summed E-state index contributed by atoms with van der Waals surface area (Å²) in [5, 5.41) is 79.4. The normalized spacial score (nSPS) is 12.2. The van der Waals surface area contributed by atoms with Crippen molar-refractivity contribution < 1.29 is 58.7 Å². The van der Waals surface area contributed by atoms with E-state index >= 15 is 0 Å². The van der Waals surface area contributed by atoms with Gasteiger partial charge in [0, 0.05) is 23.0 Å². The highest BCUT2D eigenvalue weighted by Crippen LogP contribution is 2.43. The van der Waals surface area contributed by atoms with Gasteiger partial charge in [0.05, 0.1) is 33.9 Å². The van der Waals surface area contributed by atoms with Gasteiger partial charge in [0.1, 0.15) is 11.5 Å². The number of carbonyl (C=O) groups excluding carboxylic acids is 2. The van der Waals surface area contributed by atoms with Crippen LogP contribution in [0.25, 0.3) is 11.4 Å². The number of aliphatic carboxylic acids is 2. The zero-order chi connectivity index (χ0) is 47.8. The van der Waals surface area contributed by atoms with Crippen molar-refractivity contribution in [1.82, 2.24) is 40.0 Å². The summed E-state index contributed by atoms with van der Waals surface area (Å²) >= 11 is 0.888. The average molecular weight is 931 g/mol. The van der Waals surface area contributed by atoms with Crippen molar-refractivity contribution in [3.05, 3.63) is 68.9 Å². The average Bonchev–Trinajstić information content (AvgIpc) is 4.02. The molecule has 336 valence electrons. The van der Waals surface area contributed by atoms with Gasteiger partial charge in [-0.3, -0.25) is 19.2 Å². The van der Waals surface area contributed by atoms with Crippen LogP contribution in [0, 0.1) is 0 Å². The number of hydrogen-bond acceptors (Lipinski definition) is 22. The molecule has 0 saturated heterocycles. The summed E-state index contributed by atoms with van der Waals surface area (Å²) in [7, 11) is 0. The van der Waals surface area contributed by atoms with Crippen molar-refractivity contribution in [2.45, 2.75) is 57.8 Å². The van der Waals surface area contributed by atoms with Gasteiger partial charge in [-0.15, -0.1) is 40.9 Å². The molecule has 6 rings (SSSR count). The van der Waals surface area contributed by atoms with Crippen LogP contribution < -0.4 is 20.9 Å². The number of ether oxygens (including phenoxy) is 2. The number of hydrogen-bond donors (Lipinski definition) is 6. The Morgan fingerprint density at radius 1 is 0.600 bits per heavy atom. The van der Waals surface area contributed by atoms with Crippen LogP contribution in [-0.2, 0) is 35.4 Å². The molecule has 0 aliphatic rings. The van der Waals surface area contributed by atoms with Gasteiger partial charge in [0.2, 0.25) is 0 Å². The van der Waals surface area contributed by atoms with Crippen LogP contribution in [0.1, 0.15) is 83.7 Å². The summed E-state index contributed by atoms with van der Waals surface area (Å²) in [6.45, 7) is 10.9. The van der Waals surface area contributed by atoms with Gasteiger partial charge in [-0.25, -0.2) is 19.0 Å². The van der Waals surface area contributed by atoms with E-state index in [1.807, 2.05) is 0 Å². The minimum absolute atomic E-state index is 0.0130. The molecule has 65 heavy (non-hydrogen) atoms. The second kappa shape index (κ2) is 17.4. The molecule has 0 aliphatic heterocycles. The topological polar surface area (TPSA) is 390 Å². The molecule has 0 fully saturated rings. The molecule has 0 radical (unpaired) electrons. The molecule has 0 spiro atoms. The Bertz CT molecular complexity index is 2780. The molecule has 6 aromatic rings. The number of carbonyl (C=O) groups is 6. The van der Waals surface area contributed by atoms with E-state index in [1.54, 1.807) is 41.5 Å². The largest absolute Gasteiger partial charge is 0.480 e. The van der Waals surface area contributed by atoms with E-state index in [4.69, 9.17) is 20.9 Å². The summed E-state index contributed by atoms with van der Waals surface area (Å²) in [4.78, 5) is 71.7. The molecular formula is C37H34N14O12S2. The van der Waals surface area contributed by atoms with Crippen molar-refractivity contribution in [1.29, 1.82) is 0 Å². The molecular weight excluding hydrogens is 897 g/mol. The fourth-order valence-electron chi connectivity index (χ4n) is 5.90. The third-order valence-electron chi connectivity index (χ3n) is 8.93. The zero-order valence-corrected chi connectivity index (χ0v) is 36.1. The Hall–Kier alpha value is -8.40. The highest BCUT2D eigenvalue weighted by atomic mass is 32.1. The lowest BCUT2D eigenvalue weighted by Crippen LogP contribution is -2.44. The molecule has 8 N–H and O–H groups in total. The lowest BCUT2D eigenvalue weighted by Gasteiger charge is -2.18. The molecule has 4 heterocycles. The maximum Gasteiger partial charge on any atom is 0.335 e. The summed E-state index contributed by atoms with van der Waals surface area (Å²) in [6, 6.07) is 7.32. The first kappa shape index (κ1) is 46.1. The Balaban J connectivity index is 1.37. The van der Waals surface area contributed by atoms with Crippen LogP contribution in [0.4, 0.5) is 33.3 Å². The molecule has 26 nitrogen and oxygen atoms in total. The molecule has 0 amide bonds. The predicted octanol–water partition coefficient (Wildman–Crippen LogP) is 5.27. The van der Waals surface area contributed by atoms with E-state index in [2.05, 4.69) is 51.0 Å². The van der Waals surface area contributed by atoms with Crippen LogP contribution in [0.15, 0.2) is 56.9 Å². The number of carboxylic acids is 4. The van der Waals surface area contributed by atoms with E-state index in [0.717, 1.165) is 21.5 Å². The van der Waals surface area contributed by atoms with Gasteiger partial charge in [0.15, 0.2) is 33.0 Å². The van der Waals surface area contributed by atoms with E-state index in [0.29, 0.717) is 22.7 Å². The fourth-order valence-corrected chi connectivity index (χ4v) is 7.65. The Kier molecular flexibility index (Phi) is 12.3. The van der Waals surface area contributed by atoms with Crippen molar-refractivity contribution in [3.63, 3.8) is 0 Å². The summed E-state index contributed by atoms with van der Waals surface area (Å²) in [5.41, 5.74) is 8.59. The van der Waals surface area contributed by atoms with Crippen LogP contribution in [0.2, 0.25) is 0 Å². The Labute approximate surface area is 371 Å². The van der Waals surface area contributed by atoms with Crippen molar-refractivity contribution >= 4 is 92.8 Å². The molecule has 4 aromatic heterocycles. The molecule has 0 aliphatic carbocycles. The summed E-state index contributed by atoms with van der Waals surface area (Å²) < 4.78 is 12.1. The molecule has 28 heteroatoms. The van der Waals surface area contributed by atoms with Crippen LogP contribution in [0.3, 0.4) is 0 Å². The maximum atomic E-state index is 13.0. The number of benzene rings is 2. The number of nitrogens with two attached hydrogens (primary N) is 2. The first-order valence-electron chi connectivity index (χ1n) is 18.3. The number of rotatable bonds is 16. The van der Waals surface area contributed by atoms with Gasteiger partial charge in [-0.05, 0) is 24.3 Å². The van der Waals surface area contributed by atoms with Gasteiger partial charge < -0.3 is 41.4 Å². The van der Waals surface area contributed by atoms with Gasteiger partial charge in [0.25, 0.3) is 28.6 Å². The number of anilines is 2. The molecule has 2 aromatic carbocycles. The van der Waals surface area contributed by atoms with Crippen molar-refractivity contribution in [3.8, 4) is 22.9 Å². The monoisotopic (exact) mass is 930 g/mol. The molecule has 0 atom stereocenters. The molecule has 0 saturated carbocycles. The van der Waals surface area contributed by atoms with Gasteiger partial charge in [-0.1, -0.05) is 64.2 Å². The number of azo groups is 2. The standard InChI is InChI=1S/C37H34N14O12S2/c1-35(2,3)23-21(25(38)50(48-23)17-7-15(27(54)55)9-19(11-17)62-13-52)40-44-33-46-42-29(64-33)37(31(58)59,32(60)61)30-43-47-34(65-30)45-41-22-24(36(4,5)6)49-51(26(22)39)18-8-16(28(56)57)10-20(12-18)63-14-53/h7-14H,38-39H2,1-6H3,(H,54,55)(H,56,57)(H,58,59)(H,60,61). The smallest absolute Gasteiger partial charge is 0.335 e. The summed E-state index contributed by atoms with van der Waals surface area (Å²) in [5.74, 6) is -7.02. The highest BCUT2D eigenvalue weighted by molar-refractivity contribution is 7.17. The van der Waals surface area contributed by atoms with Crippen molar-refractivity contribution in [2.75, 3.05) is 11.5 Å². The van der Waals surface area contributed by atoms with E-state index in [1.165, 1.54) is 24.3 Å². The minimum Gasteiger partial charge on any atom is -0.480 e. The van der Waals surface area contributed by atoms with Crippen LogP contribution in [-0.4, -0.2) is 97.2 Å². The number of nitrogens with zero attached hydrogens (tertiary/aromatic N) is 12. The highest BCUT2D eigenvalue weighted by Gasteiger charge is 2.56. The van der Waals surface area contributed by atoms with E-state index in [-0.39, 0.29) is 91.6 Å². The number of carboxylic acid groups (broad SMARTS) is 4. The van der Waals surface area contributed by atoms with Crippen LogP contribution in [0.5, 0.6) is 11.5 Å². The van der Waals surface area contributed by atoms with Crippen molar-refractivity contribution in [2.24, 2.45) is 20.5 Å². The quantitative estimate of drug-likeness (QED) is 0.0408. The lowest BCUT2D eigenvalue weighted by atomic mass is 9.90. The SMILES string of the molecule is CC(C)(C)c1nn(-c2cc(OC=O)cc(C(=O)O)c2)c(N)c1N=Nc1nnc(C(C(=O)O)(C(=O)O)c2nnc(N=Nc3c(C(C)(C)C)nn(-c4cc(OC=O)cc(C(=O)O)c4)c3N)s2)s1. The predicted molar refractivity (Wildman–Crippen MR) is 225 cm³/mol. The Morgan fingerprint density at radius 2 is 0.969 bits per heavy atom. The molecule has 0 unspecified atom stereocenters. The lowest BCUT2D eigenvalue weighted by molar-refractivity contribution is -0.155. The number of aromatic nitrogens is 8. The summed E-state index contributed by atoms with van der Waals surface area (Å²) in [6.07, 6.45) is 0. The minimum atomic E-state index is -3.00. The molecule has 0 bridgehead atoms. The number of aromatic carboxylic acids is 2. The van der Waals surface area contributed by atoms with Crippen LogP contribution >= 0.6 is 22.7 Å². The first-order chi connectivity index (χ1) is 30.5. The van der Waals surface area contributed by atoms with E-state index < -0.39 is 50.1 Å². The second-order valence-electron chi connectivity index (χ2n) is 15.5. The first-order valence-corrected chi connectivity index (χ1v) is 19.9. The third-order valence-corrected chi connectivity index (χ3v) is 10.8. The zero-order valence-electron chi connectivity index (χ0n) is 34.5. The number of nitrogen functional groups attached to an aromatic ring is 2.